The first-order chi connectivity index (χ1) is 15.2. The van der Waals surface area contributed by atoms with Gasteiger partial charge in [-0.2, -0.15) is 14.6 Å². The number of aromatic nitrogens is 5. The maximum absolute atomic E-state index is 13.3. The number of benzene rings is 1. The molecule has 13 nitrogen and oxygen atoms in total. The second-order valence-electron chi connectivity index (χ2n) is 7.16. The number of rotatable bonds is 5. The molecule has 1 atom stereocenters. The number of carbonyl (C=O) groups excluding carboxylic acids is 3. The van der Waals surface area contributed by atoms with Crippen LogP contribution in [0.5, 0.6) is 11.5 Å². The number of barbiturate groups is 1. The molecule has 32 heavy (non-hydrogen) atoms. The first-order valence-corrected chi connectivity index (χ1v) is 9.44. The van der Waals surface area contributed by atoms with Crippen molar-refractivity contribution in [1.82, 2.24) is 30.4 Å². The summed E-state index contributed by atoms with van der Waals surface area (Å²) in [7, 11) is 1.37. The van der Waals surface area contributed by atoms with Crippen LogP contribution in [0, 0.1) is 25.0 Å². The summed E-state index contributed by atoms with van der Waals surface area (Å²) < 4.78 is 7.10. The van der Waals surface area contributed by atoms with E-state index in [1.54, 1.807) is 13.8 Å². The summed E-state index contributed by atoms with van der Waals surface area (Å²) in [5.41, 5.74) is 1.05. The summed E-state index contributed by atoms with van der Waals surface area (Å²) >= 11 is 0. The monoisotopic (exact) mass is 441 g/mol. The number of H-pyrrole nitrogens is 1. The number of nitrogens with one attached hydrogen (secondary N) is 3. The van der Waals surface area contributed by atoms with Crippen molar-refractivity contribution in [2.75, 3.05) is 7.11 Å². The lowest BCUT2D eigenvalue weighted by atomic mass is 9.82. The van der Waals surface area contributed by atoms with E-state index in [1.165, 1.54) is 36.2 Å². The van der Waals surface area contributed by atoms with Gasteiger partial charge in [0, 0.05) is 13.8 Å². The van der Waals surface area contributed by atoms with Gasteiger partial charge in [-0.3, -0.25) is 20.2 Å². The molecule has 1 unspecified atom stereocenters. The van der Waals surface area contributed by atoms with Crippen molar-refractivity contribution >= 4 is 17.8 Å². The van der Waals surface area contributed by atoms with Gasteiger partial charge in [0.05, 0.1) is 7.11 Å². The Morgan fingerprint density at radius 3 is 2.47 bits per heavy atom. The van der Waals surface area contributed by atoms with E-state index in [1.807, 2.05) is 0 Å². The van der Waals surface area contributed by atoms with Crippen LogP contribution >= 0.6 is 0 Å². The van der Waals surface area contributed by atoms with Crippen LogP contribution in [0.15, 0.2) is 24.5 Å². The summed E-state index contributed by atoms with van der Waals surface area (Å²) in [5.74, 6) is -4.44. The number of amides is 4. The zero-order valence-corrected chi connectivity index (χ0v) is 17.2. The van der Waals surface area contributed by atoms with Gasteiger partial charge >= 0.3 is 12.0 Å². The Morgan fingerprint density at radius 2 is 1.91 bits per heavy atom. The number of nitrogens with zero attached hydrogens (tertiary/aromatic N) is 4. The highest BCUT2D eigenvalue weighted by molar-refractivity contribution is 6.16. The minimum absolute atomic E-state index is 0.0361. The normalized spacial score (nSPS) is 15.4. The van der Waals surface area contributed by atoms with Gasteiger partial charge in [0.2, 0.25) is 11.8 Å². The number of imidazole rings is 1. The predicted octanol–water partition coefficient (Wildman–Crippen LogP) is -0.326. The van der Waals surface area contributed by atoms with Crippen LogP contribution in [-0.2, 0) is 9.59 Å². The first kappa shape index (κ1) is 20.8. The number of ether oxygens (including phenoxy) is 1. The molecule has 0 aliphatic carbocycles. The van der Waals surface area contributed by atoms with Crippen LogP contribution in [0.3, 0.4) is 0 Å². The molecule has 3 heterocycles. The Balaban J connectivity index is 2.01. The summed E-state index contributed by atoms with van der Waals surface area (Å²) in [6.45, 7) is 3.24. The van der Waals surface area contributed by atoms with E-state index >= 15 is 0 Å². The highest BCUT2D eigenvalue weighted by atomic mass is 16.5. The average Bonchev–Trinajstić information content (AvgIpc) is 3.34. The Morgan fingerprint density at radius 1 is 1.22 bits per heavy atom. The molecule has 4 rings (SSSR count). The van der Waals surface area contributed by atoms with Crippen molar-refractivity contribution in [2.24, 2.45) is 5.92 Å². The van der Waals surface area contributed by atoms with Crippen molar-refractivity contribution in [2.45, 2.75) is 19.8 Å². The molecule has 3 aromatic rings. The predicted molar refractivity (Wildman–Crippen MR) is 106 cm³/mol. The standard InChI is InChI=1S/C19H19N7O6/c1-8-9(2)26(31)17(25(8)18-20-7-21-24-18)13(10-4-5-12(32-3)11(27)6-10)14-15(28)22-19(30)23-16(14)29/h4-7,13-14,27H,1-3H3,(H,20,21,24)(H2,22,23,28,29,30). The summed E-state index contributed by atoms with van der Waals surface area (Å²) in [6, 6.07) is 3.30. The number of hydrogen-bond acceptors (Lipinski definition) is 8. The van der Waals surface area contributed by atoms with Crippen LogP contribution < -0.4 is 20.1 Å². The van der Waals surface area contributed by atoms with Gasteiger partial charge in [-0.25, -0.2) is 14.6 Å². The summed E-state index contributed by atoms with van der Waals surface area (Å²) in [6.07, 6.45) is 1.25. The van der Waals surface area contributed by atoms with Crippen molar-refractivity contribution in [3.63, 3.8) is 0 Å². The number of methoxy groups -OCH3 is 1. The van der Waals surface area contributed by atoms with Crippen LogP contribution in [0.1, 0.15) is 28.7 Å². The Labute approximate surface area is 180 Å². The number of imide groups is 2. The number of carbonyl (C=O) groups is 3. The van der Waals surface area contributed by atoms with Gasteiger partial charge in [0.25, 0.3) is 5.82 Å². The summed E-state index contributed by atoms with van der Waals surface area (Å²) in [5, 5.41) is 34.2. The highest BCUT2D eigenvalue weighted by Gasteiger charge is 2.48. The molecule has 4 amide bonds. The Bertz CT molecular complexity index is 1210. The molecular weight excluding hydrogens is 422 g/mol. The highest BCUT2D eigenvalue weighted by Crippen LogP contribution is 2.38. The van der Waals surface area contributed by atoms with Crippen LogP contribution in [-0.4, -0.2) is 49.8 Å². The SMILES string of the molecule is COc1ccc(C(c2n(-c3ncn[nH]3)c(C)c(C)[n+]2[O-])C2C(=O)NC(=O)NC2=O)cc1O. The smallest absolute Gasteiger partial charge is 0.328 e. The lowest BCUT2D eigenvalue weighted by Gasteiger charge is -2.27. The van der Waals surface area contributed by atoms with Crippen molar-refractivity contribution in [3.8, 4) is 17.4 Å². The minimum atomic E-state index is -1.50. The van der Waals surface area contributed by atoms with Gasteiger partial charge in [-0.05, 0) is 17.7 Å². The quantitative estimate of drug-likeness (QED) is 0.236. The molecule has 0 bridgehead atoms. The fraction of sp³-hybridized carbons (Fsp3) is 0.263. The fourth-order valence-electron chi connectivity index (χ4n) is 3.81. The second kappa shape index (κ2) is 7.68. The third kappa shape index (κ3) is 3.19. The Hall–Kier alpha value is -4.42. The zero-order valence-electron chi connectivity index (χ0n) is 17.2. The van der Waals surface area contributed by atoms with Crippen molar-refractivity contribution in [1.29, 1.82) is 0 Å². The molecule has 0 saturated carbocycles. The molecule has 0 spiro atoms. The van der Waals surface area contributed by atoms with Gasteiger partial charge in [0.1, 0.15) is 23.9 Å². The van der Waals surface area contributed by atoms with Crippen LogP contribution in [0.2, 0.25) is 0 Å². The molecule has 2 aromatic heterocycles. The molecule has 1 saturated heterocycles. The van der Waals surface area contributed by atoms with Gasteiger partial charge in [-0.15, -0.1) is 0 Å². The number of hydrogen-bond donors (Lipinski definition) is 4. The molecule has 0 radical (unpaired) electrons. The lowest BCUT2D eigenvalue weighted by molar-refractivity contribution is -0.621. The molecule has 4 N–H and O–H groups in total. The molecular formula is C19H19N7O6. The first-order valence-electron chi connectivity index (χ1n) is 9.44. The van der Waals surface area contributed by atoms with E-state index in [0.717, 1.165) is 0 Å². The number of urea groups is 1. The van der Waals surface area contributed by atoms with Crippen molar-refractivity contribution < 1.29 is 29.0 Å². The molecule has 1 aromatic carbocycles. The lowest BCUT2D eigenvalue weighted by Crippen LogP contribution is -2.58. The van der Waals surface area contributed by atoms with Gasteiger partial charge < -0.3 is 15.1 Å². The fourth-order valence-corrected chi connectivity index (χ4v) is 3.81. The van der Waals surface area contributed by atoms with Gasteiger partial charge in [-0.1, -0.05) is 6.07 Å². The third-order valence-corrected chi connectivity index (χ3v) is 5.43. The van der Waals surface area contributed by atoms with E-state index in [0.29, 0.717) is 16.1 Å². The average molecular weight is 441 g/mol. The molecule has 1 aliphatic heterocycles. The maximum Gasteiger partial charge on any atom is 0.328 e. The van der Waals surface area contributed by atoms with E-state index in [4.69, 9.17) is 4.74 Å². The molecule has 1 aliphatic rings. The summed E-state index contributed by atoms with van der Waals surface area (Å²) in [4.78, 5) is 41.3. The largest absolute Gasteiger partial charge is 0.711 e. The molecule has 1 fully saturated rings. The van der Waals surface area contributed by atoms with Crippen molar-refractivity contribution in [3.05, 3.63) is 52.5 Å². The maximum atomic E-state index is 13.3. The third-order valence-electron chi connectivity index (χ3n) is 5.43. The van der Waals surface area contributed by atoms with E-state index in [9.17, 15) is 24.7 Å². The minimum Gasteiger partial charge on any atom is -0.711 e. The van der Waals surface area contributed by atoms with Crippen LogP contribution in [0.25, 0.3) is 5.95 Å². The molecule has 13 heteroatoms. The second-order valence-corrected chi connectivity index (χ2v) is 7.16. The number of aromatic hydroxyl groups is 1. The number of phenols is 1. The van der Waals surface area contributed by atoms with E-state index < -0.39 is 29.7 Å². The van der Waals surface area contributed by atoms with E-state index in [2.05, 4.69) is 25.8 Å². The van der Waals surface area contributed by atoms with Crippen LogP contribution in [0.4, 0.5) is 4.79 Å². The van der Waals surface area contributed by atoms with Gasteiger partial charge in [0.15, 0.2) is 17.2 Å². The number of aromatic amines is 1. The van der Waals surface area contributed by atoms with E-state index in [-0.39, 0.29) is 28.8 Å². The number of phenolic OH excluding ortho intramolecular Hbond substituents is 1. The zero-order chi connectivity index (χ0) is 23.2. The Kier molecular flexibility index (Phi) is 5.00. The topological polar surface area (TPSA) is 178 Å². The molecule has 166 valence electrons.